The van der Waals surface area contributed by atoms with Gasteiger partial charge in [0, 0.05) is 20.5 Å². The Morgan fingerprint density at radius 1 is 1.12 bits per heavy atom. The second kappa shape index (κ2) is 9.03. The number of allylic oxidation sites excluding steroid dienone is 4. The Morgan fingerprint density at radius 2 is 1.76 bits per heavy atom. The van der Waals surface area contributed by atoms with E-state index in [9.17, 15) is 4.79 Å². The molecule has 0 heterocycles. The van der Waals surface area contributed by atoms with E-state index in [0.717, 1.165) is 32.2 Å². The molecule has 0 atom stereocenters. The third-order valence-electron chi connectivity index (χ3n) is 3.13. The molecule has 0 saturated carbocycles. The zero-order valence-corrected chi connectivity index (χ0v) is 12.0. The standard InChI is InChI=1S/C15H27NO/c1-6-13(2)9-7-10-14(3)11-8-12-16(5)15(4)17/h6,10H,7-9,11-12H2,1-5H3/b13-6+,14-10+. The first-order valence-corrected chi connectivity index (χ1v) is 6.46. The quantitative estimate of drug-likeness (QED) is 0.614. The first-order chi connectivity index (χ1) is 7.97. The van der Waals surface area contributed by atoms with Crippen LogP contribution in [0.3, 0.4) is 0 Å². The highest BCUT2D eigenvalue weighted by molar-refractivity contribution is 5.72. The topological polar surface area (TPSA) is 20.3 Å². The van der Waals surface area contributed by atoms with Crippen LogP contribution >= 0.6 is 0 Å². The molecule has 98 valence electrons. The molecule has 0 aromatic rings. The third kappa shape index (κ3) is 8.73. The number of hydrogen-bond donors (Lipinski definition) is 0. The number of hydrogen-bond acceptors (Lipinski definition) is 1. The van der Waals surface area contributed by atoms with E-state index in [1.807, 2.05) is 7.05 Å². The number of carbonyl (C=O) groups excluding carboxylic acids is 1. The van der Waals surface area contributed by atoms with Gasteiger partial charge in [-0.3, -0.25) is 4.79 Å². The van der Waals surface area contributed by atoms with E-state index in [1.165, 1.54) is 11.1 Å². The van der Waals surface area contributed by atoms with E-state index in [0.29, 0.717) is 0 Å². The van der Waals surface area contributed by atoms with Crippen LogP contribution in [0.4, 0.5) is 0 Å². The minimum absolute atomic E-state index is 0.148. The zero-order valence-electron chi connectivity index (χ0n) is 12.0. The number of rotatable bonds is 7. The molecule has 0 rings (SSSR count). The summed E-state index contributed by atoms with van der Waals surface area (Å²) < 4.78 is 0. The van der Waals surface area contributed by atoms with Crippen LogP contribution < -0.4 is 0 Å². The summed E-state index contributed by atoms with van der Waals surface area (Å²) in [7, 11) is 1.86. The van der Waals surface area contributed by atoms with E-state index in [4.69, 9.17) is 0 Å². The van der Waals surface area contributed by atoms with Gasteiger partial charge in [-0.1, -0.05) is 23.3 Å². The molecule has 2 heteroatoms. The van der Waals surface area contributed by atoms with E-state index in [-0.39, 0.29) is 5.91 Å². The average molecular weight is 237 g/mol. The van der Waals surface area contributed by atoms with Crippen molar-refractivity contribution in [3.05, 3.63) is 23.3 Å². The first-order valence-electron chi connectivity index (χ1n) is 6.46. The highest BCUT2D eigenvalue weighted by Gasteiger charge is 2.00. The lowest BCUT2D eigenvalue weighted by atomic mass is 10.1. The van der Waals surface area contributed by atoms with E-state index in [1.54, 1.807) is 11.8 Å². The maximum atomic E-state index is 11.0. The van der Waals surface area contributed by atoms with Crippen LogP contribution in [-0.2, 0) is 4.79 Å². The van der Waals surface area contributed by atoms with Crippen molar-refractivity contribution in [1.82, 2.24) is 4.90 Å². The van der Waals surface area contributed by atoms with Gasteiger partial charge in [-0.15, -0.1) is 0 Å². The van der Waals surface area contributed by atoms with Gasteiger partial charge >= 0.3 is 0 Å². The van der Waals surface area contributed by atoms with Crippen molar-refractivity contribution >= 4 is 5.91 Å². The van der Waals surface area contributed by atoms with Gasteiger partial charge in [0.2, 0.25) is 5.91 Å². The van der Waals surface area contributed by atoms with E-state index >= 15 is 0 Å². The molecule has 0 aliphatic carbocycles. The van der Waals surface area contributed by atoms with Gasteiger partial charge in [0.05, 0.1) is 0 Å². The van der Waals surface area contributed by atoms with Gasteiger partial charge in [0.1, 0.15) is 0 Å². The van der Waals surface area contributed by atoms with Crippen LogP contribution in [0.5, 0.6) is 0 Å². The average Bonchev–Trinajstić information content (AvgIpc) is 2.28. The van der Waals surface area contributed by atoms with Gasteiger partial charge in [0.25, 0.3) is 0 Å². The molecule has 0 aromatic carbocycles. The van der Waals surface area contributed by atoms with Crippen molar-refractivity contribution < 1.29 is 4.79 Å². The zero-order chi connectivity index (χ0) is 13.3. The van der Waals surface area contributed by atoms with Gasteiger partial charge in [-0.2, -0.15) is 0 Å². The molecular formula is C15H27NO. The fourth-order valence-electron chi connectivity index (χ4n) is 1.55. The molecule has 0 radical (unpaired) electrons. The molecule has 0 unspecified atom stereocenters. The minimum atomic E-state index is 0.148. The number of carbonyl (C=O) groups is 1. The lowest BCUT2D eigenvalue weighted by molar-refractivity contribution is -0.127. The Kier molecular flexibility index (Phi) is 8.47. The van der Waals surface area contributed by atoms with E-state index in [2.05, 4.69) is 32.9 Å². The second-order valence-corrected chi connectivity index (χ2v) is 4.77. The summed E-state index contributed by atoms with van der Waals surface area (Å²) in [4.78, 5) is 12.8. The van der Waals surface area contributed by atoms with Gasteiger partial charge in [0.15, 0.2) is 0 Å². The SMILES string of the molecule is C/C=C(\C)CC/C=C(\C)CCCN(C)C(C)=O. The van der Waals surface area contributed by atoms with Crippen LogP contribution in [0.25, 0.3) is 0 Å². The van der Waals surface area contributed by atoms with Crippen LogP contribution in [0.1, 0.15) is 53.4 Å². The van der Waals surface area contributed by atoms with Crippen molar-refractivity contribution in [2.45, 2.75) is 53.4 Å². The Labute approximate surface area is 106 Å². The highest BCUT2D eigenvalue weighted by atomic mass is 16.2. The molecule has 0 saturated heterocycles. The number of amides is 1. The largest absolute Gasteiger partial charge is 0.346 e. The smallest absolute Gasteiger partial charge is 0.219 e. The van der Waals surface area contributed by atoms with Crippen molar-refractivity contribution in [1.29, 1.82) is 0 Å². The molecule has 0 aliphatic rings. The summed E-state index contributed by atoms with van der Waals surface area (Å²) in [6.07, 6.45) is 8.92. The Hall–Kier alpha value is -1.05. The van der Waals surface area contributed by atoms with Crippen molar-refractivity contribution in [3.63, 3.8) is 0 Å². The fraction of sp³-hybridized carbons (Fsp3) is 0.667. The van der Waals surface area contributed by atoms with Gasteiger partial charge < -0.3 is 4.90 Å². The molecule has 0 N–H and O–H groups in total. The predicted octanol–water partition coefficient (Wildman–Crippen LogP) is 3.94. The fourth-order valence-corrected chi connectivity index (χ4v) is 1.55. The Morgan fingerprint density at radius 3 is 2.29 bits per heavy atom. The predicted molar refractivity (Wildman–Crippen MR) is 75.0 cm³/mol. The Bertz CT molecular complexity index is 289. The second-order valence-electron chi connectivity index (χ2n) is 4.77. The normalized spacial score (nSPS) is 12.8. The summed E-state index contributed by atoms with van der Waals surface area (Å²) in [5.74, 6) is 0.148. The monoisotopic (exact) mass is 237 g/mol. The molecule has 0 aliphatic heterocycles. The summed E-state index contributed by atoms with van der Waals surface area (Å²) >= 11 is 0. The summed E-state index contributed by atoms with van der Waals surface area (Å²) in [5.41, 5.74) is 2.89. The number of nitrogens with zero attached hydrogens (tertiary/aromatic N) is 1. The Balaban J connectivity index is 3.75. The van der Waals surface area contributed by atoms with Crippen LogP contribution in [-0.4, -0.2) is 24.4 Å². The summed E-state index contributed by atoms with van der Waals surface area (Å²) in [6.45, 7) is 8.91. The van der Waals surface area contributed by atoms with Crippen LogP contribution in [0.2, 0.25) is 0 Å². The molecule has 0 aromatic heterocycles. The lowest BCUT2D eigenvalue weighted by Gasteiger charge is -2.14. The van der Waals surface area contributed by atoms with Crippen LogP contribution in [0, 0.1) is 0 Å². The minimum Gasteiger partial charge on any atom is -0.346 e. The highest BCUT2D eigenvalue weighted by Crippen LogP contribution is 2.10. The molecule has 1 amide bonds. The van der Waals surface area contributed by atoms with Gasteiger partial charge in [-0.05, 0) is 46.5 Å². The van der Waals surface area contributed by atoms with Crippen molar-refractivity contribution in [3.8, 4) is 0 Å². The molecule has 0 fully saturated rings. The molecule has 17 heavy (non-hydrogen) atoms. The van der Waals surface area contributed by atoms with Crippen molar-refractivity contribution in [2.75, 3.05) is 13.6 Å². The molecule has 0 spiro atoms. The third-order valence-corrected chi connectivity index (χ3v) is 3.13. The summed E-state index contributed by atoms with van der Waals surface area (Å²) in [6, 6.07) is 0. The van der Waals surface area contributed by atoms with E-state index < -0.39 is 0 Å². The maximum absolute atomic E-state index is 11.0. The molecule has 0 bridgehead atoms. The maximum Gasteiger partial charge on any atom is 0.219 e. The first kappa shape index (κ1) is 16.0. The molecule has 2 nitrogen and oxygen atoms in total. The van der Waals surface area contributed by atoms with Crippen LogP contribution in [0.15, 0.2) is 23.3 Å². The summed E-state index contributed by atoms with van der Waals surface area (Å²) in [5, 5.41) is 0. The molecular weight excluding hydrogens is 210 g/mol. The van der Waals surface area contributed by atoms with Gasteiger partial charge in [-0.25, -0.2) is 0 Å². The lowest BCUT2D eigenvalue weighted by Crippen LogP contribution is -2.24. The van der Waals surface area contributed by atoms with Crippen molar-refractivity contribution in [2.24, 2.45) is 0 Å².